The molecule has 1 unspecified atom stereocenters. The summed E-state index contributed by atoms with van der Waals surface area (Å²) in [5.74, 6) is -1.09. The fraction of sp³-hybridized carbons (Fsp3) is 0.300. The van der Waals surface area contributed by atoms with Crippen molar-refractivity contribution in [1.82, 2.24) is 0 Å². The molecule has 0 aromatic heterocycles. The number of carboxylic acids is 1. The first kappa shape index (κ1) is 11.8. The van der Waals surface area contributed by atoms with Crippen molar-refractivity contribution in [2.75, 3.05) is 19.0 Å². The van der Waals surface area contributed by atoms with Gasteiger partial charge in [0.2, 0.25) is 0 Å². The molecule has 15 heavy (non-hydrogen) atoms. The number of carbonyl (C=O) groups is 1. The molecule has 0 saturated heterocycles. The molecular weight excluding hydrogens is 216 g/mol. The lowest BCUT2D eigenvalue weighted by Crippen LogP contribution is -2.24. The highest BCUT2D eigenvalue weighted by Gasteiger charge is 2.21. The van der Waals surface area contributed by atoms with Gasteiger partial charge in [-0.3, -0.25) is 4.79 Å². The fourth-order valence-corrected chi connectivity index (χ4v) is 1.63. The molecule has 0 aliphatic rings. The van der Waals surface area contributed by atoms with Gasteiger partial charge < -0.3 is 15.7 Å². The van der Waals surface area contributed by atoms with Gasteiger partial charge in [-0.15, -0.1) is 0 Å². The van der Waals surface area contributed by atoms with Gasteiger partial charge in [0.05, 0.1) is 0 Å². The van der Waals surface area contributed by atoms with Crippen molar-refractivity contribution < 1.29 is 9.90 Å². The first-order valence-corrected chi connectivity index (χ1v) is 4.77. The minimum absolute atomic E-state index is 0.371. The first-order valence-electron chi connectivity index (χ1n) is 4.39. The molecule has 0 amide bonds. The van der Waals surface area contributed by atoms with Crippen molar-refractivity contribution in [3.8, 4) is 0 Å². The van der Waals surface area contributed by atoms with E-state index in [1.165, 1.54) is 0 Å². The lowest BCUT2D eigenvalue weighted by molar-refractivity contribution is -0.138. The van der Waals surface area contributed by atoms with Crippen LogP contribution in [0.1, 0.15) is 11.6 Å². The number of rotatable bonds is 3. The summed E-state index contributed by atoms with van der Waals surface area (Å²) in [6, 6.07) is 4.07. The van der Waals surface area contributed by atoms with E-state index in [0.29, 0.717) is 10.6 Å². The van der Waals surface area contributed by atoms with Gasteiger partial charge in [-0.05, 0) is 12.1 Å². The molecule has 5 heteroatoms. The van der Waals surface area contributed by atoms with Crippen LogP contribution in [0, 0.1) is 0 Å². The molecule has 0 heterocycles. The first-order chi connectivity index (χ1) is 6.95. The normalized spacial score (nSPS) is 12.3. The third-order valence-corrected chi connectivity index (χ3v) is 2.42. The van der Waals surface area contributed by atoms with E-state index in [4.69, 9.17) is 22.4 Å². The maximum Gasteiger partial charge on any atom is 0.325 e. The van der Waals surface area contributed by atoms with Gasteiger partial charge >= 0.3 is 5.97 Å². The Morgan fingerprint density at radius 3 is 2.60 bits per heavy atom. The van der Waals surface area contributed by atoms with Crippen LogP contribution < -0.4 is 10.6 Å². The Morgan fingerprint density at radius 1 is 1.53 bits per heavy atom. The van der Waals surface area contributed by atoms with E-state index >= 15 is 0 Å². The van der Waals surface area contributed by atoms with Crippen LogP contribution in [0.5, 0.6) is 0 Å². The molecule has 0 aliphatic carbocycles. The third-order valence-electron chi connectivity index (χ3n) is 2.09. The van der Waals surface area contributed by atoms with E-state index in [0.717, 1.165) is 5.69 Å². The second kappa shape index (κ2) is 4.51. The summed E-state index contributed by atoms with van der Waals surface area (Å²) in [5, 5.41) is 9.24. The number of nitrogens with two attached hydrogens (primary N) is 1. The largest absolute Gasteiger partial charge is 0.480 e. The lowest BCUT2D eigenvalue weighted by atomic mass is 10.0. The SMILES string of the molecule is CN(C)c1cccc(Cl)c1C(N)C(=O)O. The Kier molecular flexibility index (Phi) is 3.55. The zero-order valence-electron chi connectivity index (χ0n) is 8.57. The minimum atomic E-state index is -1.10. The monoisotopic (exact) mass is 228 g/mol. The number of hydrogen-bond donors (Lipinski definition) is 2. The van der Waals surface area contributed by atoms with Crippen molar-refractivity contribution in [2.24, 2.45) is 5.73 Å². The fourth-order valence-electron chi connectivity index (χ4n) is 1.35. The molecule has 0 fully saturated rings. The van der Waals surface area contributed by atoms with Gasteiger partial charge in [0.15, 0.2) is 0 Å². The van der Waals surface area contributed by atoms with E-state index in [1.54, 1.807) is 23.1 Å². The zero-order chi connectivity index (χ0) is 11.6. The van der Waals surface area contributed by atoms with Gasteiger partial charge in [-0.2, -0.15) is 0 Å². The zero-order valence-corrected chi connectivity index (χ0v) is 9.32. The molecule has 0 radical (unpaired) electrons. The Labute approximate surface area is 93.2 Å². The van der Waals surface area contributed by atoms with Gasteiger partial charge in [-0.25, -0.2) is 0 Å². The molecule has 1 atom stereocenters. The molecule has 4 nitrogen and oxygen atoms in total. The minimum Gasteiger partial charge on any atom is -0.480 e. The summed E-state index contributed by atoms with van der Waals surface area (Å²) in [5.41, 5.74) is 6.73. The van der Waals surface area contributed by atoms with Crippen LogP contribution in [-0.4, -0.2) is 25.2 Å². The number of anilines is 1. The van der Waals surface area contributed by atoms with Crippen LogP contribution in [0.2, 0.25) is 5.02 Å². The highest BCUT2D eigenvalue weighted by molar-refractivity contribution is 6.32. The third kappa shape index (κ3) is 2.40. The van der Waals surface area contributed by atoms with Crippen LogP contribution in [-0.2, 0) is 4.79 Å². The van der Waals surface area contributed by atoms with Crippen molar-refractivity contribution in [1.29, 1.82) is 0 Å². The maximum atomic E-state index is 10.8. The Balaban J connectivity index is 3.30. The number of carboxylic acid groups (broad SMARTS) is 1. The summed E-state index contributed by atoms with van der Waals surface area (Å²) < 4.78 is 0. The molecule has 0 aliphatic heterocycles. The van der Waals surface area contributed by atoms with E-state index < -0.39 is 12.0 Å². The number of aliphatic carboxylic acids is 1. The van der Waals surface area contributed by atoms with Crippen LogP contribution in [0.25, 0.3) is 0 Å². The summed E-state index contributed by atoms with van der Waals surface area (Å²) in [4.78, 5) is 12.6. The van der Waals surface area contributed by atoms with E-state index in [2.05, 4.69) is 0 Å². The predicted octanol–water partition coefficient (Wildman–Crippen LogP) is 1.49. The van der Waals surface area contributed by atoms with E-state index in [1.807, 2.05) is 14.1 Å². The molecule has 3 N–H and O–H groups in total. The van der Waals surface area contributed by atoms with E-state index in [-0.39, 0.29) is 0 Å². The molecule has 1 rings (SSSR count). The van der Waals surface area contributed by atoms with Crippen molar-refractivity contribution in [3.63, 3.8) is 0 Å². The molecule has 0 spiro atoms. The van der Waals surface area contributed by atoms with Crippen molar-refractivity contribution >= 4 is 23.3 Å². The summed E-state index contributed by atoms with van der Waals surface area (Å²) in [6.07, 6.45) is 0. The molecular formula is C10H13ClN2O2. The van der Waals surface area contributed by atoms with Gasteiger partial charge in [0.1, 0.15) is 6.04 Å². The number of nitrogens with zero attached hydrogens (tertiary/aromatic N) is 1. The highest BCUT2D eigenvalue weighted by atomic mass is 35.5. The average Bonchev–Trinajstić information content (AvgIpc) is 2.16. The second-order valence-corrected chi connectivity index (χ2v) is 3.79. The number of benzene rings is 1. The topological polar surface area (TPSA) is 66.6 Å². The standard InChI is InChI=1S/C10H13ClN2O2/c1-13(2)7-5-3-4-6(11)8(7)9(12)10(14)15/h3-5,9H,12H2,1-2H3,(H,14,15). The summed E-state index contributed by atoms with van der Waals surface area (Å²) in [6.45, 7) is 0. The Morgan fingerprint density at radius 2 is 2.13 bits per heavy atom. The van der Waals surface area contributed by atoms with Gasteiger partial charge in [-0.1, -0.05) is 17.7 Å². The Hall–Kier alpha value is -1.26. The molecule has 1 aromatic rings. The van der Waals surface area contributed by atoms with Crippen LogP contribution in [0.15, 0.2) is 18.2 Å². The summed E-state index contributed by atoms with van der Waals surface area (Å²) in [7, 11) is 3.62. The smallest absolute Gasteiger partial charge is 0.325 e. The van der Waals surface area contributed by atoms with E-state index in [9.17, 15) is 4.79 Å². The summed E-state index contributed by atoms with van der Waals surface area (Å²) >= 11 is 5.94. The predicted molar refractivity (Wildman–Crippen MR) is 60.3 cm³/mol. The van der Waals surface area contributed by atoms with Gasteiger partial charge in [0.25, 0.3) is 0 Å². The molecule has 0 saturated carbocycles. The van der Waals surface area contributed by atoms with Crippen LogP contribution in [0.4, 0.5) is 5.69 Å². The average molecular weight is 229 g/mol. The van der Waals surface area contributed by atoms with Crippen LogP contribution in [0.3, 0.4) is 0 Å². The molecule has 0 bridgehead atoms. The van der Waals surface area contributed by atoms with Crippen LogP contribution >= 0.6 is 11.6 Å². The quantitative estimate of drug-likeness (QED) is 0.823. The van der Waals surface area contributed by atoms with Crippen molar-refractivity contribution in [3.05, 3.63) is 28.8 Å². The second-order valence-electron chi connectivity index (χ2n) is 3.38. The molecule has 82 valence electrons. The Bertz CT molecular complexity index is 380. The van der Waals surface area contributed by atoms with Crippen molar-refractivity contribution in [2.45, 2.75) is 6.04 Å². The number of hydrogen-bond acceptors (Lipinski definition) is 3. The maximum absolute atomic E-state index is 10.8. The molecule has 1 aromatic carbocycles. The lowest BCUT2D eigenvalue weighted by Gasteiger charge is -2.20. The highest BCUT2D eigenvalue weighted by Crippen LogP contribution is 2.30. The van der Waals surface area contributed by atoms with Gasteiger partial charge in [0, 0.05) is 30.4 Å². The number of halogens is 1.